The van der Waals surface area contributed by atoms with E-state index in [4.69, 9.17) is 5.11 Å². The van der Waals surface area contributed by atoms with Crippen LogP contribution in [0.3, 0.4) is 0 Å². The summed E-state index contributed by atoms with van der Waals surface area (Å²) in [5, 5.41) is 14.2. The average molecular weight is 226 g/mol. The average Bonchev–Trinajstić information content (AvgIpc) is 2.25. The molecule has 0 radical (unpaired) electrons. The van der Waals surface area contributed by atoms with Crippen LogP contribution in [0.5, 0.6) is 0 Å². The summed E-state index contributed by atoms with van der Waals surface area (Å²) < 4.78 is 0. The van der Waals surface area contributed by atoms with E-state index in [-0.39, 0.29) is 30.7 Å². The standard InChI is InChI=1S/C10H14N2O4/c1-7(11-15)4-5-10(3,9(13)14)6-8(2)12-16/h1-2,4-6H2,3H3,(H,13,14). The molecule has 1 atom stereocenters. The number of carbonyl (C=O) groups is 1. The second-order valence-electron chi connectivity index (χ2n) is 3.86. The van der Waals surface area contributed by atoms with Crippen molar-refractivity contribution in [2.24, 2.45) is 15.8 Å². The monoisotopic (exact) mass is 226 g/mol. The second kappa shape index (κ2) is 5.89. The van der Waals surface area contributed by atoms with Gasteiger partial charge in [0, 0.05) is 6.42 Å². The number of aliphatic carboxylic acids is 1. The van der Waals surface area contributed by atoms with Crippen LogP contribution in [-0.2, 0) is 4.79 Å². The van der Waals surface area contributed by atoms with Gasteiger partial charge < -0.3 is 5.11 Å². The van der Waals surface area contributed by atoms with Gasteiger partial charge in [-0.25, -0.2) is 0 Å². The van der Waals surface area contributed by atoms with Gasteiger partial charge in [-0.2, -0.15) is 0 Å². The Morgan fingerprint density at radius 1 is 1.25 bits per heavy atom. The first-order valence-corrected chi connectivity index (χ1v) is 4.61. The molecule has 0 aliphatic rings. The van der Waals surface area contributed by atoms with Crippen molar-refractivity contribution >= 4 is 5.97 Å². The predicted molar refractivity (Wildman–Crippen MR) is 59.5 cm³/mol. The molecule has 6 heteroatoms. The van der Waals surface area contributed by atoms with E-state index in [1.54, 1.807) is 0 Å². The van der Waals surface area contributed by atoms with E-state index in [1.165, 1.54) is 6.92 Å². The summed E-state index contributed by atoms with van der Waals surface area (Å²) in [4.78, 5) is 31.3. The largest absolute Gasteiger partial charge is 0.481 e. The molecule has 0 heterocycles. The number of nitrogens with zero attached hydrogens (tertiary/aromatic N) is 2. The van der Waals surface area contributed by atoms with Crippen molar-refractivity contribution in [1.29, 1.82) is 0 Å². The van der Waals surface area contributed by atoms with Crippen molar-refractivity contribution in [2.75, 3.05) is 0 Å². The molecular formula is C10H14N2O4. The third-order valence-corrected chi connectivity index (χ3v) is 2.33. The minimum absolute atomic E-state index is 0.0328. The van der Waals surface area contributed by atoms with Crippen LogP contribution in [0.25, 0.3) is 0 Å². The normalized spacial score (nSPS) is 13.6. The maximum atomic E-state index is 11.1. The molecule has 0 aliphatic heterocycles. The van der Waals surface area contributed by atoms with Gasteiger partial charge >= 0.3 is 5.97 Å². The Bertz CT molecular complexity index is 338. The molecule has 0 aromatic carbocycles. The van der Waals surface area contributed by atoms with Crippen LogP contribution in [0, 0.1) is 15.2 Å². The lowest BCUT2D eigenvalue weighted by atomic mass is 9.81. The minimum Gasteiger partial charge on any atom is -0.481 e. The first-order valence-electron chi connectivity index (χ1n) is 4.61. The minimum atomic E-state index is -1.18. The van der Waals surface area contributed by atoms with Crippen LogP contribution >= 0.6 is 0 Å². The third kappa shape index (κ3) is 4.12. The molecule has 0 aromatic heterocycles. The quantitative estimate of drug-likeness (QED) is 0.643. The smallest absolute Gasteiger partial charge is 0.309 e. The molecular weight excluding hydrogens is 212 g/mol. The van der Waals surface area contributed by atoms with Crippen molar-refractivity contribution in [3.8, 4) is 0 Å². The van der Waals surface area contributed by atoms with Gasteiger partial charge in [0.1, 0.15) is 0 Å². The molecule has 0 rings (SSSR count). The first-order chi connectivity index (χ1) is 7.35. The third-order valence-electron chi connectivity index (χ3n) is 2.33. The lowest BCUT2D eigenvalue weighted by molar-refractivity contribution is -0.148. The highest BCUT2D eigenvalue weighted by Gasteiger charge is 2.34. The van der Waals surface area contributed by atoms with E-state index in [9.17, 15) is 14.6 Å². The Balaban J connectivity index is 4.63. The van der Waals surface area contributed by atoms with Gasteiger partial charge in [-0.1, -0.05) is 13.2 Å². The van der Waals surface area contributed by atoms with Gasteiger partial charge in [-0.05, 0) is 30.1 Å². The van der Waals surface area contributed by atoms with Crippen LogP contribution in [0.1, 0.15) is 26.2 Å². The van der Waals surface area contributed by atoms with Crippen molar-refractivity contribution in [1.82, 2.24) is 0 Å². The molecule has 16 heavy (non-hydrogen) atoms. The summed E-state index contributed by atoms with van der Waals surface area (Å²) >= 11 is 0. The van der Waals surface area contributed by atoms with Gasteiger partial charge in [0.05, 0.1) is 16.8 Å². The number of nitroso groups, excluding NO2 is 2. The second-order valence-corrected chi connectivity index (χ2v) is 3.86. The van der Waals surface area contributed by atoms with E-state index in [0.717, 1.165) is 0 Å². The zero-order valence-electron chi connectivity index (χ0n) is 9.10. The number of hydrogen-bond acceptors (Lipinski definition) is 5. The van der Waals surface area contributed by atoms with E-state index < -0.39 is 11.4 Å². The Hall–Kier alpha value is -1.85. The fourth-order valence-corrected chi connectivity index (χ4v) is 1.22. The van der Waals surface area contributed by atoms with Crippen LogP contribution in [0.4, 0.5) is 0 Å². The summed E-state index contributed by atoms with van der Waals surface area (Å²) in [6.07, 6.45) is 0.262. The lowest BCUT2D eigenvalue weighted by Crippen LogP contribution is -2.28. The maximum Gasteiger partial charge on any atom is 0.309 e. The molecule has 0 aliphatic carbocycles. The highest BCUT2D eigenvalue weighted by atomic mass is 16.4. The number of rotatable bonds is 8. The van der Waals surface area contributed by atoms with E-state index in [1.807, 2.05) is 0 Å². The zero-order chi connectivity index (χ0) is 12.8. The van der Waals surface area contributed by atoms with Crippen molar-refractivity contribution < 1.29 is 9.90 Å². The first kappa shape index (κ1) is 14.2. The summed E-state index contributed by atoms with van der Waals surface area (Å²) in [5.41, 5.74) is -1.13. The van der Waals surface area contributed by atoms with Gasteiger partial charge in [0.15, 0.2) is 0 Å². The molecule has 0 bridgehead atoms. The highest BCUT2D eigenvalue weighted by molar-refractivity contribution is 5.74. The van der Waals surface area contributed by atoms with Gasteiger partial charge in [-0.3, -0.25) is 4.79 Å². The van der Waals surface area contributed by atoms with Crippen molar-refractivity contribution in [3.05, 3.63) is 34.4 Å². The lowest BCUT2D eigenvalue weighted by Gasteiger charge is -2.23. The fraction of sp³-hybridized carbons (Fsp3) is 0.500. The Morgan fingerprint density at radius 3 is 2.12 bits per heavy atom. The van der Waals surface area contributed by atoms with Crippen LogP contribution in [0.15, 0.2) is 34.9 Å². The molecule has 0 saturated carbocycles. The van der Waals surface area contributed by atoms with Crippen LogP contribution < -0.4 is 0 Å². The SMILES string of the molecule is C=C(CCC(C)(CC(=C)N=O)C(=O)O)N=O. The van der Waals surface area contributed by atoms with Crippen molar-refractivity contribution in [2.45, 2.75) is 26.2 Å². The molecule has 0 spiro atoms. The summed E-state index contributed by atoms with van der Waals surface area (Å²) in [5.74, 6) is -1.07. The number of carboxylic acid groups (broad SMARTS) is 1. The molecule has 0 saturated heterocycles. The molecule has 0 fully saturated rings. The number of allylic oxidation sites excluding steroid dienone is 2. The van der Waals surface area contributed by atoms with E-state index >= 15 is 0 Å². The topological polar surface area (TPSA) is 96.2 Å². The molecule has 0 aromatic rings. The number of carboxylic acids is 1. The fourth-order valence-electron chi connectivity index (χ4n) is 1.22. The highest BCUT2D eigenvalue weighted by Crippen LogP contribution is 2.32. The summed E-state index contributed by atoms with van der Waals surface area (Å²) in [7, 11) is 0. The van der Waals surface area contributed by atoms with E-state index in [0.29, 0.717) is 0 Å². The van der Waals surface area contributed by atoms with E-state index in [2.05, 4.69) is 23.5 Å². The zero-order valence-corrected chi connectivity index (χ0v) is 9.10. The van der Waals surface area contributed by atoms with Gasteiger partial charge in [0.25, 0.3) is 0 Å². The summed E-state index contributed by atoms with van der Waals surface area (Å²) in [6, 6.07) is 0. The Kier molecular flexibility index (Phi) is 5.21. The van der Waals surface area contributed by atoms with Crippen LogP contribution in [0.2, 0.25) is 0 Å². The van der Waals surface area contributed by atoms with Crippen LogP contribution in [-0.4, -0.2) is 11.1 Å². The maximum absolute atomic E-state index is 11.1. The molecule has 1 unspecified atom stereocenters. The Labute approximate surface area is 93.0 Å². The number of hydrogen-bond donors (Lipinski definition) is 1. The molecule has 1 N–H and O–H groups in total. The molecule has 88 valence electrons. The Morgan fingerprint density at radius 2 is 1.75 bits per heavy atom. The predicted octanol–water partition coefficient (Wildman–Crippen LogP) is 2.81. The van der Waals surface area contributed by atoms with Crippen molar-refractivity contribution in [3.63, 3.8) is 0 Å². The molecule has 6 nitrogen and oxygen atoms in total. The van der Waals surface area contributed by atoms with Gasteiger partial charge in [0.2, 0.25) is 0 Å². The summed E-state index contributed by atoms with van der Waals surface area (Å²) in [6.45, 7) is 8.16. The van der Waals surface area contributed by atoms with Gasteiger partial charge in [-0.15, -0.1) is 9.81 Å². The molecule has 0 amide bonds.